The molecule has 1 aliphatic rings. The van der Waals surface area contributed by atoms with Gasteiger partial charge in [-0.3, -0.25) is 9.78 Å². The molecule has 0 spiro atoms. The average Bonchev–Trinajstić information content (AvgIpc) is 2.76. The van der Waals surface area contributed by atoms with Crippen molar-refractivity contribution in [1.29, 1.82) is 0 Å². The van der Waals surface area contributed by atoms with Gasteiger partial charge in [0.25, 0.3) is 0 Å². The molecule has 0 radical (unpaired) electrons. The third-order valence-corrected chi connectivity index (χ3v) is 4.11. The Labute approximate surface area is 164 Å². The second-order valence-electron chi connectivity index (χ2n) is 6.08. The summed E-state index contributed by atoms with van der Waals surface area (Å²) in [6.07, 6.45) is 5.77. The van der Waals surface area contributed by atoms with Gasteiger partial charge in [-0.1, -0.05) is 12.1 Å². The van der Waals surface area contributed by atoms with Crippen LogP contribution in [0.15, 0.2) is 60.9 Å². The zero-order valence-corrected chi connectivity index (χ0v) is 15.9. The summed E-state index contributed by atoms with van der Waals surface area (Å²) in [6.45, 7) is 2.02. The number of hydrazine groups is 2. The number of hydrogen-bond donors (Lipinski definition) is 2. The van der Waals surface area contributed by atoms with Crippen molar-refractivity contribution in [3.8, 4) is 11.5 Å². The molecule has 0 fully saturated rings. The van der Waals surface area contributed by atoms with Crippen LogP contribution in [0.1, 0.15) is 12.1 Å². The molecule has 0 saturated heterocycles. The number of carbonyl (C=O) groups is 1. The maximum absolute atomic E-state index is 12.6. The molecule has 3 rings (SSSR count). The van der Waals surface area contributed by atoms with Crippen LogP contribution in [-0.4, -0.2) is 47.9 Å². The lowest BCUT2D eigenvalue weighted by Crippen LogP contribution is -2.55. The molecular weight excluding hydrogens is 358 g/mol. The summed E-state index contributed by atoms with van der Waals surface area (Å²) < 4.78 is 10.9. The molecule has 8 heteroatoms. The molecule has 0 saturated carbocycles. The number of rotatable bonds is 9. The summed E-state index contributed by atoms with van der Waals surface area (Å²) in [5.74, 6) is 1.43. The standard InChI is InChI=1S/C20H25N5O3/c1-27-18-6-8-19(9-7-18)28-16-25-23-12-4-14-24(25)20(26)10-13-21-15-17-5-2-3-11-22-17/h2-9,11,14,21,23H,10,12-13,15-16H2,1H3. The average molecular weight is 383 g/mol. The molecule has 1 aromatic carbocycles. The predicted molar refractivity (Wildman–Crippen MR) is 105 cm³/mol. The summed E-state index contributed by atoms with van der Waals surface area (Å²) >= 11 is 0. The highest BCUT2D eigenvalue weighted by atomic mass is 16.5. The Balaban J connectivity index is 1.45. The first-order valence-corrected chi connectivity index (χ1v) is 9.13. The van der Waals surface area contributed by atoms with Crippen molar-refractivity contribution in [3.05, 3.63) is 66.6 Å². The van der Waals surface area contributed by atoms with E-state index < -0.39 is 0 Å². The molecular formula is C20H25N5O3. The van der Waals surface area contributed by atoms with Crippen molar-refractivity contribution in [2.24, 2.45) is 0 Å². The van der Waals surface area contributed by atoms with E-state index in [1.54, 1.807) is 24.6 Å². The van der Waals surface area contributed by atoms with Crippen LogP contribution in [0.4, 0.5) is 0 Å². The van der Waals surface area contributed by atoms with Crippen molar-refractivity contribution in [1.82, 2.24) is 25.9 Å². The van der Waals surface area contributed by atoms with Crippen molar-refractivity contribution in [2.75, 3.05) is 26.9 Å². The normalized spacial score (nSPS) is 14.1. The largest absolute Gasteiger partial charge is 0.497 e. The minimum Gasteiger partial charge on any atom is -0.497 e. The molecule has 8 nitrogen and oxygen atoms in total. The van der Waals surface area contributed by atoms with Crippen molar-refractivity contribution in [3.63, 3.8) is 0 Å². The van der Waals surface area contributed by atoms with E-state index in [9.17, 15) is 4.79 Å². The third-order valence-electron chi connectivity index (χ3n) is 4.11. The van der Waals surface area contributed by atoms with Crippen molar-refractivity contribution < 1.29 is 14.3 Å². The number of methoxy groups -OCH3 is 1. The topological polar surface area (TPSA) is 79.0 Å². The van der Waals surface area contributed by atoms with Crippen LogP contribution in [0.2, 0.25) is 0 Å². The summed E-state index contributed by atoms with van der Waals surface area (Å²) in [7, 11) is 1.62. The number of amides is 1. The number of carbonyl (C=O) groups excluding carboxylic acids is 1. The van der Waals surface area contributed by atoms with Gasteiger partial charge in [0.15, 0.2) is 6.73 Å². The lowest BCUT2D eigenvalue weighted by atomic mass is 10.3. The van der Waals surface area contributed by atoms with Gasteiger partial charge < -0.3 is 14.8 Å². The predicted octanol–water partition coefficient (Wildman–Crippen LogP) is 1.68. The van der Waals surface area contributed by atoms with Crippen LogP contribution in [0.5, 0.6) is 11.5 Å². The van der Waals surface area contributed by atoms with E-state index in [1.807, 2.05) is 48.5 Å². The molecule has 0 unspecified atom stereocenters. The van der Waals surface area contributed by atoms with Crippen LogP contribution in [-0.2, 0) is 11.3 Å². The molecule has 0 aliphatic carbocycles. The van der Waals surface area contributed by atoms with Gasteiger partial charge in [-0.15, -0.1) is 5.12 Å². The number of hydrogen-bond acceptors (Lipinski definition) is 7. The van der Waals surface area contributed by atoms with Crippen LogP contribution in [0.3, 0.4) is 0 Å². The van der Waals surface area contributed by atoms with Gasteiger partial charge in [0.1, 0.15) is 11.5 Å². The van der Waals surface area contributed by atoms with E-state index in [2.05, 4.69) is 15.7 Å². The summed E-state index contributed by atoms with van der Waals surface area (Å²) in [4.78, 5) is 16.8. The highest BCUT2D eigenvalue weighted by Gasteiger charge is 2.21. The highest BCUT2D eigenvalue weighted by Crippen LogP contribution is 2.17. The zero-order chi connectivity index (χ0) is 19.6. The minimum atomic E-state index is -0.0321. The molecule has 1 amide bonds. The van der Waals surface area contributed by atoms with Gasteiger partial charge in [0, 0.05) is 38.5 Å². The Hall–Kier alpha value is -2.94. The Morgan fingerprint density at radius 2 is 2.04 bits per heavy atom. The Bertz CT molecular complexity index is 767. The summed E-state index contributed by atoms with van der Waals surface area (Å²) in [5.41, 5.74) is 4.08. The van der Waals surface area contributed by atoms with Crippen molar-refractivity contribution >= 4 is 5.91 Å². The van der Waals surface area contributed by atoms with Crippen LogP contribution < -0.4 is 20.2 Å². The number of benzene rings is 1. The van der Waals surface area contributed by atoms with Gasteiger partial charge in [-0.2, -0.15) is 0 Å². The van der Waals surface area contributed by atoms with Crippen LogP contribution in [0, 0.1) is 0 Å². The summed E-state index contributed by atoms with van der Waals surface area (Å²) in [5, 5.41) is 6.43. The minimum absolute atomic E-state index is 0.0321. The molecule has 1 aliphatic heterocycles. The molecule has 2 aromatic rings. The fourth-order valence-corrected chi connectivity index (χ4v) is 2.63. The second kappa shape index (κ2) is 10.4. The zero-order valence-electron chi connectivity index (χ0n) is 15.9. The number of pyridine rings is 1. The first-order chi connectivity index (χ1) is 13.8. The Morgan fingerprint density at radius 1 is 1.21 bits per heavy atom. The lowest BCUT2D eigenvalue weighted by molar-refractivity contribution is -0.156. The first kappa shape index (κ1) is 19.8. The fourth-order valence-electron chi connectivity index (χ4n) is 2.63. The van der Waals surface area contributed by atoms with Gasteiger partial charge in [-0.25, -0.2) is 10.4 Å². The number of nitrogens with zero attached hydrogens (tertiary/aromatic N) is 3. The summed E-state index contributed by atoms with van der Waals surface area (Å²) in [6, 6.07) is 13.1. The molecule has 2 N–H and O–H groups in total. The van der Waals surface area contributed by atoms with Crippen LogP contribution in [0.25, 0.3) is 0 Å². The van der Waals surface area contributed by atoms with E-state index in [0.29, 0.717) is 31.8 Å². The fraction of sp³-hybridized carbons (Fsp3) is 0.300. The molecule has 1 aromatic heterocycles. The Kier molecular flexibility index (Phi) is 7.36. The first-order valence-electron chi connectivity index (χ1n) is 9.13. The maximum atomic E-state index is 12.6. The van der Waals surface area contributed by atoms with Crippen LogP contribution >= 0.6 is 0 Å². The third kappa shape index (κ3) is 5.78. The monoisotopic (exact) mass is 383 g/mol. The molecule has 28 heavy (non-hydrogen) atoms. The highest BCUT2D eigenvalue weighted by molar-refractivity contribution is 5.76. The number of aromatic nitrogens is 1. The molecule has 148 valence electrons. The second-order valence-corrected chi connectivity index (χ2v) is 6.08. The quantitative estimate of drug-likeness (QED) is 0.638. The van der Waals surface area contributed by atoms with Gasteiger partial charge in [-0.05, 0) is 36.4 Å². The van der Waals surface area contributed by atoms with E-state index in [4.69, 9.17) is 9.47 Å². The van der Waals surface area contributed by atoms with Gasteiger partial charge in [0.2, 0.25) is 5.91 Å². The number of nitrogens with one attached hydrogen (secondary N) is 2. The number of ether oxygens (including phenoxy) is 2. The van der Waals surface area contributed by atoms with E-state index in [-0.39, 0.29) is 12.6 Å². The molecule has 0 atom stereocenters. The smallest absolute Gasteiger partial charge is 0.243 e. The van der Waals surface area contributed by atoms with E-state index in [0.717, 1.165) is 11.4 Å². The van der Waals surface area contributed by atoms with Gasteiger partial charge >= 0.3 is 0 Å². The maximum Gasteiger partial charge on any atom is 0.243 e. The van der Waals surface area contributed by atoms with Gasteiger partial charge in [0.05, 0.1) is 12.8 Å². The van der Waals surface area contributed by atoms with E-state index >= 15 is 0 Å². The lowest BCUT2D eigenvalue weighted by Gasteiger charge is -2.34. The van der Waals surface area contributed by atoms with Crippen molar-refractivity contribution in [2.45, 2.75) is 13.0 Å². The Morgan fingerprint density at radius 3 is 2.79 bits per heavy atom. The molecule has 0 bridgehead atoms. The SMILES string of the molecule is COc1ccc(OCN2NCC=CN2C(=O)CCNCc2ccccn2)cc1. The molecule has 2 heterocycles. The van der Waals surface area contributed by atoms with E-state index in [1.165, 1.54) is 5.01 Å².